The number of fused-ring (bicyclic) bond motifs is 1. The molecule has 1 aliphatic heterocycles. The number of carbonyl (C=O) groups excluding carboxylic acids is 2. The lowest BCUT2D eigenvalue weighted by Gasteiger charge is -2.34. The molecule has 212 valence electrons. The second kappa shape index (κ2) is 16.2. The average molecular weight is 529 g/mol. The Bertz CT molecular complexity index is 914. The fourth-order valence-electron chi connectivity index (χ4n) is 5.39. The molecule has 1 heterocycles. The number of hydrogen-bond donors (Lipinski definition) is 1. The summed E-state index contributed by atoms with van der Waals surface area (Å²) >= 11 is 0. The highest BCUT2D eigenvalue weighted by molar-refractivity contribution is 5.87. The molecule has 1 saturated carbocycles. The van der Waals surface area contributed by atoms with Crippen LogP contribution < -0.4 is 10.5 Å². The van der Waals surface area contributed by atoms with E-state index in [2.05, 4.69) is 16.8 Å². The zero-order valence-electron chi connectivity index (χ0n) is 23.6. The summed E-state index contributed by atoms with van der Waals surface area (Å²) in [6, 6.07) is 6.28. The highest BCUT2D eigenvalue weighted by atomic mass is 16.5. The molecule has 1 fully saturated rings. The Kier molecular flexibility index (Phi) is 12.7. The molecule has 1 aromatic carbocycles. The summed E-state index contributed by atoms with van der Waals surface area (Å²) < 4.78 is 10.7. The van der Waals surface area contributed by atoms with E-state index in [1.807, 2.05) is 18.2 Å². The van der Waals surface area contributed by atoms with E-state index in [1.165, 1.54) is 58.5 Å². The van der Waals surface area contributed by atoms with Crippen molar-refractivity contribution in [3.63, 3.8) is 0 Å². The normalized spacial score (nSPS) is 15.5. The number of benzene rings is 1. The van der Waals surface area contributed by atoms with Crippen LogP contribution in [0.2, 0.25) is 0 Å². The fraction of sp³-hybridized carbons (Fsp3) is 0.700. The molecule has 0 radical (unpaired) electrons. The van der Waals surface area contributed by atoms with Gasteiger partial charge in [0.25, 0.3) is 0 Å². The van der Waals surface area contributed by atoms with Crippen molar-refractivity contribution < 1.29 is 19.1 Å². The Morgan fingerprint density at radius 3 is 2.58 bits per heavy atom. The van der Waals surface area contributed by atoms with Crippen molar-refractivity contribution in [1.29, 1.82) is 0 Å². The number of nitrogens with two attached hydrogens (primary N) is 1. The Morgan fingerprint density at radius 1 is 1.05 bits per heavy atom. The number of hydrogen-bond acceptors (Lipinski definition) is 7. The molecule has 0 aromatic heterocycles. The number of esters is 1. The Morgan fingerprint density at radius 2 is 1.82 bits per heavy atom. The van der Waals surface area contributed by atoms with Crippen molar-refractivity contribution in [1.82, 2.24) is 9.80 Å². The fourth-order valence-corrected chi connectivity index (χ4v) is 5.39. The van der Waals surface area contributed by atoms with E-state index >= 15 is 0 Å². The van der Waals surface area contributed by atoms with Crippen LogP contribution in [0.1, 0.15) is 102 Å². The quantitative estimate of drug-likeness (QED) is 0.219. The van der Waals surface area contributed by atoms with Gasteiger partial charge in [0.15, 0.2) is 5.96 Å². The van der Waals surface area contributed by atoms with Crippen molar-refractivity contribution in [3.8, 4) is 5.75 Å². The smallest absolute Gasteiger partial charge is 0.325 e. The van der Waals surface area contributed by atoms with Crippen molar-refractivity contribution >= 4 is 23.5 Å². The molecule has 1 aliphatic carbocycles. The lowest BCUT2D eigenvalue weighted by molar-refractivity contribution is -0.141. The van der Waals surface area contributed by atoms with E-state index in [0.717, 1.165) is 55.6 Å². The molecule has 8 heteroatoms. The summed E-state index contributed by atoms with van der Waals surface area (Å²) in [6.07, 6.45) is 15.7. The standard InChI is InChI=1S/C30H48N4O4/c1-3-4-5-12-19-34(25-14-9-8-10-15-25)28(35)16-11-6-7-13-20-38-26-18-17-24-22-33(23-29(36)37-2)30(31)32-27(24)21-26/h17-18,21,25H,3-16,19-20,22-23H2,1-2H3,(H2,31,32). The summed E-state index contributed by atoms with van der Waals surface area (Å²) in [5.41, 5.74) is 7.80. The molecular weight excluding hydrogens is 480 g/mol. The number of unbranched alkanes of at least 4 members (excludes halogenated alkanes) is 6. The minimum Gasteiger partial charge on any atom is -0.494 e. The minimum absolute atomic E-state index is 0.0761. The van der Waals surface area contributed by atoms with E-state index in [-0.39, 0.29) is 12.5 Å². The van der Waals surface area contributed by atoms with Crippen LogP contribution >= 0.6 is 0 Å². The van der Waals surface area contributed by atoms with Gasteiger partial charge in [-0.25, -0.2) is 4.99 Å². The minimum atomic E-state index is -0.347. The Labute approximate surface area is 228 Å². The summed E-state index contributed by atoms with van der Waals surface area (Å²) in [6.45, 7) is 4.39. The molecule has 0 atom stereocenters. The van der Waals surface area contributed by atoms with Crippen molar-refractivity contribution in [2.45, 2.75) is 109 Å². The van der Waals surface area contributed by atoms with Gasteiger partial charge in [0, 0.05) is 31.6 Å². The van der Waals surface area contributed by atoms with Gasteiger partial charge in [0.1, 0.15) is 12.3 Å². The zero-order chi connectivity index (χ0) is 27.2. The molecule has 2 N–H and O–H groups in total. The van der Waals surface area contributed by atoms with Crippen molar-refractivity contribution in [2.75, 3.05) is 26.8 Å². The third kappa shape index (κ3) is 9.52. The number of nitrogens with zero attached hydrogens (tertiary/aromatic N) is 3. The first-order valence-corrected chi connectivity index (χ1v) is 14.7. The van der Waals surface area contributed by atoms with E-state index in [9.17, 15) is 9.59 Å². The molecule has 38 heavy (non-hydrogen) atoms. The first kappa shape index (κ1) is 29.8. The van der Waals surface area contributed by atoms with Gasteiger partial charge in [-0.2, -0.15) is 0 Å². The first-order chi connectivity index (χ1) is 18.5. The van der Waals surface area contributed by atoms with Crippen LogP contribution in [0.4, 0.5) is 5.69 Å². The predicted octanol–water partition coefficient (Wildman–Crippen LogP) is 5.69. The molecule has 0 spiro atoms. The monoisotopic (exact) mass is 528 g/mol. The van der Waals surface area contributed by atoms with Crippen molar-refractivity contribution in [2.24, 2.45) is 10.7 Å². The number of guanidine groups is 1. The van der Waals surface area contributed by atoms with Crippen LogP contribution in [-0.2, 0) is 20.9 Å². The molecule has 1 aromatic rings. The molecule has 0 bridgehead atoms. The number of ether oxygens (including phenoxy) is 2. The first-order valence-electron chi connectivity index (χ1n) is 14.7. The Hall–Kier alpha value is -2.77. The average Bonchev–Trinajstić information content (AvgIpc) is 2.93. The van der Waals surface area contributed by atoms with Gasteiger partial charge in [0.2, 0.25) is 5.91 Å². The van der Waals surface area contributed by atoms with E-state index in [4.69, 9.17) is 15.2 Å². The number of aliphatic imine (C=N–C) groups is 1. The van der Waals surface area contributed by atoms with Gasteiger partial charge in [0.05, 0.1) is 19.4 Å². The second-order valence-electron chi connectivity index (χ2n) is 10.6. The topological polar surface area (TPSA) is 97.5 Å². The third-order valence-corrected chi connectivity index (χ3v) is 7.67. The van der Waals surface area contributed by atoms with Gasteiger partial charge in [-0.15, -0.1) is 0 Å². The Balaban J connectivity index is 1.34. The van der Waals surface area contributed by atoms with Gasteiger partial charge >= 0.3 is 5.97 Å². The van der Waals surface area contributed by atoms with Gasteiger partial charge in [-0.3, -0.25) is 9.59 Å². The van der Waals surface area contributed by atoms with Crippen LogP contribution in [-0.4, -0.2) is 60.5 Å². The van der Waals surface area contributed by atoms with Crippen LogP contribution in [0.25, 0.3) is 0 Å². The molecular formula is C30H48N4O4. The second-order valence-corrected chi connectivity index (χ2v) is 10.6. The lowest BCUT2D eigenvalue weighted by Crippen LogP contribution is -2.42. The van der Waals surface area contributed by atoms with E-state index < -0.39 is 0 Å². The van der Waals surface area contributed by atoms with Crippen LogP contribution in [0, 0.1) is 0 Å². The van der Waals surface area contributed by atoms with E-state index in [0.29, 0.717) is 37.5 Å². The zero-order valence-corrected chi connectivity index (χ0v) is 23.6. The predicted molar refractivity (Wildman–Crippen MR) is 151 cm³/mol. The maximum Gasteiger partial charge on any atom is 0.325 e. The summed E-state index contributed by atoms with van der Waals surface area (Å²) in [7, 11) is 1.36. The van der Waals surface area contributed by atoms with Crippen LogP contribution in [0.3, 0.4) is 0 Å². The molecule has 0 unspecified atom stereocenters. The molecule has 8 nitrogen and oxygen atoms in total. The molecule has 2 aliphatic rings. The van der Waals surface area contributed by atoms with Gasteiger partial charge in [-0.05, 0) is 43.7 Å². The maximum atomic E-state index is 13.1. The summed E-state index contributed by atoms with van der Waals surface area (Å²) in [5.74, 6) is 1.09. The van der Waals surface area contributed by atoms with E-state index in [1.54, 1.807) is 4.90 Å². The lowest BCUT2D eigenvalue weighted by atomic mass is 9.93. The third-order valence-electron chi connectivity index (χ3n) is 7.67. The number of amides is 1. The summed E-state index contributed by atoms with van der Waals surface area (Å²) in [4.78, 5) is 33.0. The highest BCUT2D eigenvalue weighted by Gasteiger charge is 2.24. The number of methoxy groups -OCH3 is 1. The molecule has 0 saturated heterocycles. The van der Waals surface area contributed by atoms with Gasteiger partial charge in [-0.1, -0.05) is 64.4 Å². The molecule has 1 amide bonds. The maximum absolute atomic E-state index is 13.1. The SMILES string of the molecule is CCCCCCN(C(=O)CCCCCCOc1ccc2c(c1)N=C(N)N(CC(=O)OC)C2)C1CCCCC1. The van der Waals surface area contributed by atoms with Crippen LogP contribution in [0.15, 0.2) is 23.2 Å². The largest absolute Gasteiger partial charge is 0.494 e. The number of rotatable bonds is 16. The van der Waals surface area contributed by atoms with Crippen molar-refractivity contribution in [3.05, 3.63) is 23.8 Å². The van der Waals surface area contributed by atoms with Gasteiger partial charge < -0.3 is 25.0 Å². The highest BCUT2D eigenvalue weighted by Crippen LogP contribution is 2.30. The molecule has 3 rings (SSSR count). The number of carbonyl (C=O) groups is 2. The summed E-state index contributed by atoms with van der Waals surface area (Å²) in [5, 5.41) is 0. The van der Waals surface area contributed by atoms with Crippen LogP contribution in [0.5, 0.6) is 5.75 Å².